The van der Waals surface area contributed by atoms with Crippen LogP contribution < -0.4 is 10.2 Å². The van der Waals surface area contributed by atoms with Gasteiger partial charge in [-0.1, -0.05) is 35.0 Å². The maximum absolute atomic E-state index is 12.4. The van der Waals surface area contributed by atoms with Gasteiger partial charge < -0.3 is 15.0 Å². The average Bonchev–Trinajstić information content (AvgIpc) is 3.04. The number of alkyl carbamates (subject to hydrolysis) is 1. The van der Waals surface area contributed by atoms with E-state index < -0.39 is 27.4 Å². The van der Waals surface area contributed by atoms with Gasteiger partial charge in [0.1, 0.15) is 5.60 Å². The van der Waals surface area contributed by atoms with Crippen molar-refractivity contribution in [2.24, 2.45) is 4.99 Å². The van der Waals surface area contributed by atoms with E-state index in [1.54, 1.807) is 43.9 Å². The van der Waals surface area contributed by atoms with Crippen molar-refractivity contribution in [1.82, 2.24) is 5.32 Å². The number of ether oxygens (including phenoxy) is 1. The van der Waals surface area contributed by atoms with Crippen molar-refractivity contribution >= 4 is 67.7 Å². The standard InChI is InChI=1S/C19H23Cl2N3O5S2/c1-19(2,3)29-18(26)22-7-6-16(25)23-17-24(13-5-4-11(20)8-12(13)21)14-9-31(27,28)10-15(14)30-17/h4-5,8,14-15H,6-7,9-10H2,1-3H3,(H,22,26). The lowest BCUT2D eigenvalue weighted by atomic mass is 10.2. The maximum Gasteiger partial charge on any atom is 0.407 e. The molecule has 2 fully saturated rings. The van der Waals surface area contributed by atoms with Crippen LogP contribution in [0.3, 0.4) is 0 Å². The molecule has 2 unspecified atom stereocenters. The van der Waals surface area contributed by atoms with Crippen LogP contribution in [0, 0.1) is 0 Å². The van der Waals surface area contributed by atoms with Gasteiger partial charge in [0.05, 0.1) is 28.3 Å². The molecule has 0 bridgehead atoms. The summed E-state index contributed by atoms with van der Waals surface area (Å²) in [5.41, 5.74) is -0.0905. The number of sulfone groups is 1. The van der Waals surface area contributed by atoms with E-state index in [9.17, 15) is 18.0 Å². The highest BCUT2D eigenvalue weighted by atomic mass is 35.5. The summed E-state index contributed by atoms with van der Waals surface area (Å²) in [4.78, 5) is 30.0. The Morgan fingerprint density at radius 1 is 1.29 bits per heavy atom. The van der Waals surface area contributed by atoms with Gasteiger partial charge in [0.2, 0.25) is 5.91 Å². The van der Waals surface area contributed by atoms with Gasteiger partial charge in [-0.15, -0.1) is 0 Å². The van der Waals surface area contributed by atoms with Crippen molar-refractivity contribution < 1.29 is 22.7 Å². The lowest BCUT2D eigenvalue weighted by Crippen LogP contribution is -2.38. The molecule has 1 aromatic rings. The zero-order valence-corrected chi connectivity index (χ0v) is 20.4. The number of anilines is 1. The van der Waals surface area contributed by atoms with E-state index in [1.807, 2.05) is 0 Å². The molecule has 2 amide bonds. The van der Waals surface area contributed by atoms with E-state index in [0.29, 0.717) is 20.9 Å². The predicted octanol–water partition coefficient (Wildman–Crippen LogP) is 3.51. The second-order valence-corrected chi connectivity index (χ2v) is 12.4. The molecule has 3 rings (SSSR count). The van der Waals surface area contributed by atoms with Gasteiger partial charge in [-0.2, -0.15) is 4.99 Å². The Labute approximate surface area is 195 Å². The molecular formula is C19H23Cl2N3O5S2. The first kappa shape index (κ1) is 24.2. The minimum atomic E-state index is -3.19. The number of fused-ring (bicyclic) bond motifs is 1. The van der Waals surface area contributed by atoms with Crippen molar-refractivity contribution in [2.45, 2.75) is 44.1 Å². The number of nitrogens with zero attached hydrogens (tertiary/aromatic N) is 2. The lowest BCUT2D eigenvalue weighted by molar-refractivity contribution is -0.117. The first-order valence-electron chi connectivity index (χ1n) is 9.54. The fourth-order valence-electron chi connectivity index (χ4n) is 3.27. The second-order valence-electron chi connectivity index (χ2n) is 8.23. The number of nitrogens with one attached hydrogen (secondary N) is 1. The summed E-state index contributed by atoms with van der Waals surface area (Å²) in [6.07, 6.45) is -0.642. The summed E-state index contributed by atoms with van der Waals surface area (Å²) < 4.78 is 29.4. The fourth-order valence-corrected chi connectivity index (χ4v) is 7.69. The average molecular weight is 508 g/mol. The van der Waals surface area contributed by atoms with Crippen molar-refractivity contribution in [2.75, 3.05) is 23.0 Å². The highest BCUT2D eigenvalue weighted by molar-refractivity contribution is 8.16. The van der Waals surface area contributed by atoms with Crippen LogP contribution in [-0.2, 0) is 19.4 Å². The van der Waals surface area contributed by atoms with Crippen molar-refractivity contribution in [3.05, 3.63) is 28.2 Å². The van der Waals surface area contributed by atoms with Gasteiger partial charge in [0.15, 0.2) is 15.0 Å². The summed E-state index contributed by atoms with van der Waals surface area (Å²) >= 11 is 13.6. The predicted molar refractivity (Wildman–Crippen MR) is 124 cm³/mol. The van der Waals surface area contributed by atoms with Crippen LogP contribution in [0.5, 0.6) is 0 Å². The third-order valence-corrected chi connectivity index (χ3v) is 8.21. The van der Waals surface area contributed by atoms with Crippen LogP contribution in [0.4, 0.5) is 10.5 Å². The monoisotopic (exact) mass is 507 g/mol. The topological polar surface area (TPSA) is 105 Å². The number of rotatable bonds is 4. The van der Waals surface area contributed by atoms with Crippen LogP contribution >= 0.6 is 35.0 Å². The molecule has 1 aromatic carbocycles. The van der Waals surface area contributed by atoms with Gasteiger partial charge >= 0.3 is 6.09 Å². The second kappa shape index (κ2) is 9.17. The van der Waals surface area contributed by atoms with Crippen molar-refractivity contribution in [1.29, 1.82) is 0 Å². The van der Waals surface area contributed by atoms with E-state index in [-0.39, 0.29) is 35.8 Å². The Balaban J connectivity index is 1.75. The molecular weight excluding hydrogens is 485 g/mol. The molecule has 2 aliphatic rings. The van der Waals surface area contributed by atoms with Crippen LogP contribution in [-0.4, -0.2) is 60.5 Å². The molecule has 2 saturated heterocycles. The van der Waals surface area contributed by atoms with E-state index in [0.717, 1.165) is 0 Å². The molecule has 0 radical (unpaired) electrons. The van der Waals surface area contributed by atoms with Gasteiger partial charge in [0, 0.05) is 23.2 Å². The molecule has 0 aromatic heterocycles. The van der Waals surface area contributed by atoms with Gasteiger partial charge in [-0.3, -0.25) is 4.79 Å². The molecule has 8 nitrogen and oxygen atoms in total. The summed E-state index contributed by atoms with van der Waals surface area (Å²) in [5.74, 6) is -0.481. The molecule has 1 N–H and O–H groups in total. The number of carbonyl (C=O) groups excluding carboxylic acids is 2. The molecule has 170 valence electrons. The Bertz CT molecular complexity index is 1020. The molecule has 31 heavy (non-hydrogen) atoms. The minimum absolute atomic E-state index is 0.0114. The van der Waals surface area contributed by atoms with Crippen LogP contribution in [0.2, 0.25) is 10.0 Å². The highest BCUT2D eigenvalue weighted by Crippen LogP contribution is 2.43. The zero-order valence-electron chi connectivity index (χ0n) is 17.2. The Kier molecular flexibility index (Phi) is 7.15. The number of carbonyl (C=O) groups is 2. The maximum atomic E-state index is 12.4. The van der Waals surface area contributed by atoms with Crippen molar-refractivity contribution in [3.63, 3.8) is 0 Å². The molecule has 2 aliphatic heterocycles. The third kappa shape index (κ3) is 6.27. The van der Waals surface area contributed by atoms with E-state index in [4.69, 9.17) is 27.9 Å². The molecule has 0 spiro atoms. The van der Waals surface area contributed by atoms with Crippen LogP contribution in [0.1, 0.15) is 27.2 Å². The fraction of sp³-hybridized carbons (Fsp3) is 0.526. The molecule has 0 aliphatic carbocycles. The summed E-state index contributed by atoms with van der Waals surface area (Å²) in [6.45, 7) is 5.30. The minimum Gasteiger partial charge on any atom is -0.444 e. The summed E-state index contributed by atoms with van der Waals surface area (Å²) in [6, 6.07) is 4.52. The largest absolute Gasteiger partial charge is 0.444 e. The first-order chi connectivity index (χ1) is 14.3. The molecule has 2 atom stereocenters. The third-order valence-electron chi connectivity index (χ3n) is 4.46. The number of aliphatic imine (C=N–C) groups is 1. The SMILES string of the molecule is CC(C)(C)OC(=O)NCCC(=O)N=C1SC2CS(=O)(=O)CC2N1c1ccc(Cl)cc1Cl. The summed E-state index contributed by atoms with van der Waals surface area (Å²) in [5, 5.41) is 3.44. The Morgan fingerprint density at radius 2 is 2.00 bits per heavy atom. The Morgan fingerprint density at radius 3 is 2.65 bits per heavy atom. The van der Waals surface area contributed by atoms with E-state index in [2.05, 4.69) is 10.3 Å². The first-order valence-corrected chi connectivity index (χ1v) is 13.0. The van der Waals surface area contributed by atoms with Gasteiger partial charge in [-0.05, 0) is 39.0 Å². The quantitative estimate of drug-likeness (QED) is 0.664. The molecule has 12 heteroatoms. The lowest BCUT2D eigenvalue weighted by Gasteiger charge is -2.25. The zero-order chi connectivity index (χ0) is 23.0. The number of amides is 2. The number of benzene rings is 1. The van der Waals surface area contributed by atoms with Gasteiger partial charge in [0.25, 0.3) is 0 Å². The van der Waals surface area contributed by atoms with E-state index in [1.165, 1.54) is 11.8 Å². The number of hydrogen-bond acceptors (Lipinski definition) is 6. The normalized spacial score (nSPS) is 23.6. The van der Waals surface area contributed by atoms with Gasteiger partial charge in [-0.25, -0.2) is 13.2 Å². The number of amidine groups is 1. The number of hydrogen-bond donors (Lipinski definition) is 1. The smallest absolute Gasteiger partial charge is 0.407 e. The van der Waals surface area contributed by atoms with E-state index >= 15 is 0 Å². The Hall–Kier alpha value is -1.49. The van der Waals surface area contributed by atoms with Crippen LogP contribution in [0.15, 0.2) is 23.2 Å². The molecule has 0 saturated carbocycles. The number of thioether (sulfide) groups is 1. The highest BCUT2D eigenvalue weighted by Gasteiger charge is 2.49. The number of halogens is 2. The molecule has 2 heterocycles. The van der Waals surface area contributed by atoms with Crippen LogP contribution in [0.25, 0.3) is 0 Å². The summed E-state index contributed by atoms with van der Waals surface area (Å²) in [7, 11) is -3.19. The van der Waals surface area contributed by atoms with Crippen molar-refractivity contribution in [3.8, 4) is 0 Å².